The van der Waals surface area contributed by atoms with Crippen LogP contribution in [-0.4, -0.2) is 74.2 Å². The van der Waals surface area contributed by atoms with Gasteiger partial charge in [-0.1, -0.05) is 32.4 Å². The molecule has 1 fully saturated rings. The summed E-state index contributed by atoms with van der Waals surface area (Å²) in [5.74, 6) is -0.286. The number of carbonyl (C=O) groups is 2. The van der Waals surface area contributed by atoms with E-state index in [0.29, 0.717) is 51.6 Å². The number of nitrogens with two attached hydrogens (primary N) is 1. The molecule has 2 aromatic rings. The molecule has 0 spiro atoms. The molecule has 288 valence electrons. The minimum absolute atomic E-state index is 0.0417. The normalized spacial score (nSPS) is 17.2. The van der Waals surface area contributed by atoms with Gasteiger partial charge in [0.15, 0.2) is 11.6 Å². The van der Waals surface area contributed by atoms with Gasteiger partial charge in [-0.05, 0) is 107 Å². The molecule has 2 aliphatic heterocycles. The van der Waals surface area contributed by atoms with Crippen molar-refractivity contribution in [1.29, 1.82) is 0 Å². The highest BCUT2D eigenvalue weighted by Gasteiger charge is 2.38. The molecule has 2 heterocycles. The van der Waals surface area contributed by atoms with Crippen LogP contribution in [0.25, 0.3) is 11.1 Å². The van der Waals surface area contributed by atoms with Gasteiger partial charge >= 0.3 is 0 Å². The van der Waals surface area contributed by atoms with E-state index in [9.17, 15) is 9.90 Å². The molecular weight excluding hydrogens is 664 g/mol. The Morgan fingerprint density at radius 3 is 2.21 bits per heavy atom. The number of rotatable bonds is 13. The van der Waals surface area contributed by atoms with Crippen LogP contribution in [0.5, 0.6) is 11.5 Å². The van der Waals surface area contributed by atoms with Crippen molar-refractivity contribution >= 4 is 29.2 Å². The Balaban J connectivity index is 0.000000725. The van der Waals surface area contributed by atoms with Gasteiger partial charge in [-0.2, -0.15) is 0 Å². The predicted molar refractivity (Wildman–Crippen MR) is 204 cm³/mol. The van der Waals surface area contributed by atoms with E-state index in [2.05, 4.69) is 25.3 Å². The summed E-state index contributed by atoms with van der Waals surface area (Å²) in [6.07, 6.45) is 4.10. The van der Waals surface area contributed by atoms with Crippen LogP contribution in [0, 0.1) is 0 Å². The van der Waals surface area contributed by atoms with E-state index < -0.39 is 11.6 Å². The Bertz CT molecular complexity index is 1550. The fourth-order valence-corrected chi connectivity index (χ4v) is 5.64. The highest BCUT2D eigenvalue weighted by molar-refractivity contribution is 6.27. The first kappa shape index (κ1) is 42.7. The topological polar surface area (TPSA) is 139 Å². The lowest BCUT2D eigenvalue weighted by molar-refractivity contribution is -0.176. The minimum Gasteiger partial charge on any atom is -0.493 e. The standard InChI is InChI=1S/C35H45NO7.C5H12O.CH3NO/c1-7-8-9-11-31(37)36-20-24-18-25(39-16-10-17-41-34(3,4)38)12-14-28(24)32-23(2)33(32)29-15-13-26(19-30(29)36)40-21-27-22-42-35(5,6)43-27;1-5(2,3)6-4;2-1-3/h12-15,18-19,27,38H,2,7-11,16-17,20-22H2,1,3-6H3;1-4H3;1H,(H2,2,3). The third-order valence-electron chi connectivity index (χ3n) is 8.42. The maximum atomic E-state index is 13.8. The van der Waals surface area contributed by atoms with Gasteiger partial charge in [0.2, 0.25) is 12.3 Å². The Morgan fingerprint density at radius 2 is 1.63 bits per heavy atom. The Hall–Kier alpha value is -3.74. The van der Waals surface area contributed by atoms with E-state index in [4.69, 9.17) is 33.2 Å². The van der Waals surface area contributed by atoms with Gasteiger partial charge in [0.25, 0.3) is 0 Å². The number of primary amides is 1. The van der Waals surface area contributed by atoms with Crippen molar-refractivity contribution in [3.05, 3.63) is 65.2 Å². The molecule has 1 saturated heterocycles. The van der Waals surface area contributed by atoms with Crippen LogP contribution in [0.4, 0.5) is 5.69 Å². The molecule has 2 amide bonds. The smallest absolute Gasteiger partial charge is 0.227 e. The molecule has 1 atom stereocenters. The Morgan fingerprint density at radius 1 is 1.02 bits per heavy atom. The fourth-order valence-electron chi connectivity index (χ4n) is 5.64. The predicted octanol–water partition coefficient (Wildman–Crippen LogP) is 7.17. The maximum absolute atomic E-state index is 13.8. The lowest BCUT2D eigenvalue weighted by atomic mass is 9.99. The number of fused-ring (bicyclic) bond motifs is 4. The summed E-state index contributed by atoms with van der Waals surface area (Å²) in [7, 11) is 1.71. The number of unbranched alkanes of at least 4 members (excludes halogenated alkanes) is 2. The summed E-state index contributed by atoms with van der Waals surface area (Å²) in [6.45, 7) is 21.7. The molecule has 0 radical (unpaired) electrons. The number of ether oxygens (including phenoxy) is 6. The number of amides is 2. The van der Waals surface area contributed by atoms with Crippen molar-refractivity contribution in [2.45, 2.75) is 117 Å². The summed E-state index contributed by atoms with van der Waals surface area (Å²) in [5.41, 5.74) is 11.3. The van der Waals surface area contributed by atoms with Crippen LogP contribution in [0.3, 0.4) is 0 Å². The molecule has 2 aromatic carbocycles. The van der Waals surface area contributed by atoms with Crippen LogP contribution >= 0.6 is 0 Å². The molecule has 1 unspecified atom stereocenters. The molecule has 3 aliphatic rings. The van der Waals surface area contributed by atoms with E-state index in [1.807, 2.05) is 69.9 Å². The monoisotopic (exact) mass is 724 g/mol. The van der Waals surface area contributed by atoms with Gasteiger partial charge in [-0.3, -0.25) is 9.59 Å². The highest BCUT2D eigenvalue weighted by atomic mass is 16.7. The van der Waals surface area contributed by atoms with E-state index >= 15 is 0 Å². The SMILES string of the molecule is C=C1C2=C1c1ccc(OCC3COC(C)(C)O3)cc1N(C(=O)CCCCC)Cc1cc(OCCCOC(C)(C)O)ccc12.COC(C)(C)C.NC=O. The third-order valence-corrected chi connectivity index (χ3v) is 8.42. The van der Waals surface area contributed by atoms with Crippen molar-refractivity contribution in [2.75, 3.05) is 38.4 Å². The van der Waals surface area contributed by atoms with Gasteiger partial charge in [-0.15, -0.1) is 0 Å². The summed E-state index contributed by atoms with van der Waals surface area (Å²) in [6, 6.07) is 12.0. The largest absolute Gasteiger partial charge is 0.493 e. The van der Waals surface area contributed by atoms with Crippen molar-refractivity contribution in [3.63, 3.8) is 0 Å². The van der Waals surface area contributed by atoms with Gasteiger partial charge < -0.3 is 44.2 Å². The van der Waals surface area contributed by atoms with E-state index in [1.54, 1.807) is 21.0 Å². The molecule has 0 aromatic heterocycles. The minimum atomic E-state index is -1.16. The number of hydrogen-bond acceptors (Lipinski definition) is 9. The van der Waals surface area contributed by atoms with E-state index in [1.165, 1.54) is 0 Å². The third kappa shape index (κ3) is 13.0. The van der Waals surface area contributed by atoms with E-state index in [-0.39, 0.29) is 24.0 Å². The summed E-state index contributed by atoms with van der Waals surface area (Å²) in [5, 5.41) is 9.76. The fraction of sp³-hybridized carbons (Fsp3) is 0.561. The quantitative estimate of drug-likeness (QED) is 0.125. The summed E-state index contributed by atoms with van der Waals surface area (Å²) >= 11 is 0. The number of anilines is 1. The first-order valence-corrected chi connectivity index (χ1v) is 18.1. The van der Waals surface area contributed by atoms with Gasteiger partial charge in [0.1, 0.15) is 24.2 Å². The van der Waals surface area contributed by atoms with Crippen LogP contribution in [0.2, 0.25) is 0 Å². The first-order chi connectivity index (χ1) is 24.4. The Labute approximate surface area is 310 Å². The number of methoxy groups -OCH3 is 1. The molecule has 0 bridgehead atoms. The number of carbonyl (C=O) groups excluding carboxylic acids is 2. The second-order valence-corrected chi connectivity index (χ2v) is 14.9. The lowest BCUT2D eigenvalue weighted by Gasteiger charge is -2.28. The average molecular weight is 725 g/mol. The van der Waals surface area contributed by atoms with Crippen LogP contribution in [0.1, 0.15) is 104 Å². The molecule has 52 heavy (non-hydrogen) atoms. The number of nitrogens with zero attached hydrogens (tertiary/aromatic N) is 1. The summed E-state index contributed by atoms with van der Waals surface area (Å²) in [4.78, 5) is 24.3. The molecule has 0 saturated carbocycles. The molecule has 11 nitrogen and oxygen atoms in total. The Kier molecular flexibility index (Phi) is 15.5. The molecule has 1 aliphatic carbocycles. The molecule has 5 rings (SSSR count). The zero-order valence-corrected chi connectivity index (χ0v) is 32.6. The average Bonchev–Trinajstić information content (AvgIpc) is 3.58. The lowest BCUT2D eigenvalue weighted by Crippen LogP contribution is -2.31. The van der Waals surface area contributed by atoms with Crippen molar-refractivity contribution in [1.82, 2.24) is 0 Å². The van der Waals surface area contributed by atoms with Crippen molar-refractivity contribution in [3.8, 4) is 11.5 Å². The maximum Gasteiger partial charge on any atom is 0.227 e. The van der Waals surface area contributed by atoms with Crippen LogP contribution < -0.4 is 20.1 Å². The second kappa shape index (κ2) is 18.8. The van der Waals surface area contributed by atoms with Gasteiger partial charge in [0, 0.05) is 31.6 Å². The van der Waals surface area contributed by atoms with Gasteiger partial charge in [0.05, 0.1) is 37.7 Å². The molecular formula is C41H60N2O9. The highest BCUT2D eigenvalue weighted by Crippen LogP contribution is 2.56. The van der Waals surface area contributed by atoms with Gasteiger partial charge in [-0.25, -0.2) is 0 Å². The number of aliphatic hydroxyl groups is 1. The van der Waals surface area contributed by atoms with Crippen molar-refractivity contribution < 1.29 is 43.1 Å². The zero-order chi connectivity index (χ0) is 38.7. The number of hydrogen-bond donors (Lipinski definition) is 2. The van der Waals surface area contributed by atoms with Crippen LogP contribution in [-0.2, 0) is 35.1 Å². The van der Waals surface area contributed by atoms with Crippen molar-refractivity contribution in [2.24, 2.45) is 5.73 Å². The first-order valence-electron chi connectivity index (χ1n) is 18.1. The van der Waals surface area contributed by atoms with E-state index in [0.717, 1.165) is 64.1 Å². The number of benzene rings is 2. The molecule has 3 N–H and O–H groups in total. The molecule has 11 heteroatoms. The number of allylic oxidation sites excluding steroid dienone is 3. The second-order valence-electron chi connectivity index (χ2n) is 14.9. The summed E-state index contributed by atoms with van der Waals surface area (Å²) < 4.78 is 34.1. The zero-order valence-electron chi connectivity index (χ0n) is 32.6. The van der Waals surface area contributed by atoms with Crippen LogP contribution in [0.15, 0.2) is 48.6 Å².